The molecule has 1 N–H and O–H groups in total. The first kappa shape index (κ1) is 32.7. The van der Waals surface area contributed by atoms with Crippen LogP contribution in [0.4, 0.5) is 5.69 Å². The number of hydrogen-bond donors (Lipinski definition) is 1. The minimum absolute atomic E-state index is 0.0357. The molecule has 1 aliphatic rings. The van der Waals surface area contributed by atoms with E-state index < -0.39 is 17.9 Å². The zero-order valence-corrected chi connectivity index (χ0v) is 26.7. The second kappa shape index (κ2) is 14.1. The first-order chi connectivity index (χ1) is 20.9. The molecule has 2 atom stereocenters. The number of carbonyl (C=O) groups is 3. The topological polar surface area (TPSA) is 120 Å². The molecule has 236 valence electrons. The van der Waals surface area contributed by atoms with Gasteiger partial charge in [-0.15, -0.1) is 0 Å². The quantitative estimate of drug-likeness (QED) is 0.169. The number of esters is 3. The van der Waals surface area contributed by atoms with Crippen LogP contribution in [-0.2, 0) is 30.3 Å². The summed E-state index contributed by atoms with van der Waals surface area (Å²) in [7, 11) is 0. The monoisotopic (exact) mass is 605 g/mol. The molecular weight excluding hydrogens is 562 g/mol. The summed E-state index contributed by atoms with van der Waals surface area (Å²) < 4.78 is 18.0. The summed E-state index contributed by atoms with van der Waals surface area (Å²) >= 11 is 0. The van der Waals surface area contributed by atoms with Gasteiger partial charge in [-0.1, -0.05) is 38.0 Å². The molecule has 3 aromatic rings. The number of ether oxygens (including phenoxy) is 3. The van der Waals surface area contributed by atoms with E-state index in [2.05, 4.69) is 36.8 Å². The fourth-order valence-electron chi connectivity index (χ4n) is 6.52. The molecule has 44 heavy (non-hydrogen) atoms. The molecule has 11 nitrogen and oxygen atoms in total. The van der Waals surface area contributed by atoms with Gasteiger partial charge in [0.25, 0.3) is 0 Å². The molecule has 0 radical (unpaired) electrons. The lowest BCUT2D eigenvalue weighted by molar-refractivity contribution is -0.148. The number of hydrogen-bond acceptors (Lipinski definition) is 8. The van der Waals surface area contributed by atoms with Crippen molar-refractivity contribution in [3.8, 4) is 11.4 Å². The third kappa shape index (κ3) is 7.30. The molecule has 1 saturated carbocycles. The fraction of sp³-hybridized carbons (Fsp3) is 0.545. The molecule has 1 aromatic carbocycles. The van der Waals surface area contributed by atoms with Crippen molar-refractivity contribution in [3.05, 3.63) is 52.0 Å². The Morgan fingerprint density at radius 2 is 1.57 bits per heavy atom. The highest BCUT2D eigenvalue weighted by molar-refractivity contribution is 6.04. The molecule has 2 aromatic heterocycles. The van der Waals surface area contributed by atoms with Gasteiger partial charge in [0.05, 0.1) is 38.6 Å². The summed E-state index contributed by atoms with van der Waals surface area (Å²) in [5, 5.41) is 3.27. The van der Waals surface area contributed by atoms with Crippen molar-refractivity contribution >= 4 is 29.2 Å². The summed E-state index contributed by atoms with van der Waals surface area (Å²) in [5.74, 6) is -0.277. The maximum absolute atomic E-state index is 14.0. The van der Waals surface area contributed by atoms with E-state index in [1.807, 2.05) is 26.0 Å². The molecule has 2 unspecified atom stereocenters. The van der Waals surface area contributed by atoms with Gasteiger partial charge in [0.2, 0.25) is 5.69 Å². The first-order valence-corrected chi connectivity index (χ1v) is 15.3. The molecule has 1 fully saturated rings. The van der Waals surface area contributed by atoms with Crippen molar-refractivity contribution < 1.29 is 28.6 Å². The Labute approximate surface area is 258 Å². The number of rotatable bonds is 11. The van der Waals surface area contributed by atoms with Crippen molar-refractivity contribution in [1.82, 2.24) is 19.5 Å². The second-order valence-corrected chi connectivity index (χ2v) is 12.0. The summed E-state index contributed by atoms with van der Waals surface area (Å²) in [6, 6.07) is 6.03. The number of aryl methyl sites for hydroxylation is 2. The lowest BCUT2D eigenvalue weighted by atomic mass is 9.75. The van der Waals surface area contributed by atoms with Gasteiger partial charge in [-0.3, -0.25) is 24.1 Å². The van der Waals surface area contributed by atoms with E-state index in [1.54, 1.807) is 18.4 Å². The average molecular weight is 606 g/mol. The Morgan fingerprint density at radius 3 is 2.09 bits per heavy atom. The van der Waals surface area contributed by atoms with Gasteiger partial charge in [-0.25, -0.2) is 14.6 Å². The van der Waals surface area contributed by atoms with Crippen LogP contribution in [0.25, 0.3) is 21.9 Å². The molecule has 0 saturated heterocycles. The number of aromatic nitrogens is 3. The third-order valence-corrected chi connectivity index (χ3v) is 8.06. The number of fused-ring (bicyclic) bond motifs is 1. The van der Waals surface area contributed by atoms with Gasteiger partial charge >= 0.3 is 17.9 Å². The minimum atomic E-state index is -0.612. The van der Waals surface area contributed by atoms with Gasteiger partial charge in [0, 0.05) is 12.1 Å². The van der Waals surface area contributed by atoms with Crippen molar-refractivity contribution in [3.63, 3.8) is 0 Å². The summed E-state index contributed by atoms with van der Waals surface area (Å²) in [5.41, 5.74) is 3.66. The zero-order valence-electron chi connectivity index (χ0n) is 26.7. The van der Waals surface area contributed by atoms with Crippen LogP contribution in [0.15, 0.2) is 18.2 Å². The standard InChI is InChI=1S/C33H43N5O6/c1-9-42-26(39)17-37(18-27(40)43-10-2)16-25-29(34-8)28(33(41)44-30-22(6)12-21(5)13-23(30)7)32-35-31(36-38(25)32)24-14-19(3)11-20(4)15-24/h11,14-15,21-23,30H,9-10,12-13,16-18H2,1-7H3,(H,35,36). The number of nitrogens with zero attached hydrogens (tertiary/aromatic N) is 4. The predicted molar refractivity (Wildman–Crippen MR) is 165 cm³/mol. The van der Waals surface area contributed by atoms with Gasteiger partial charge < -0.3 is 14.2 Å². The Bertz CT molecular complexity index is 1510. The van der Waals surface area contributed by atoms with Crippen LogP contribution < -0.4 is 0 Å². The van der Waals surface area contributed by atoms with Crippen molar-refractivity contribution in [2.45, 2.75) is 74.0 Å². The SMILES string of the molecule is [C-]#[N+]c1c(C(=O)OC2C(C)CC(C)CC2C)c2nc(-c3cc(C)cc(C)c3)[nH]n2c1CN(CC(=O)OCC)CC(=O)OCC. The van der Waals surface area contributed by atoms with Crippen LogP contribution in [-0.4, -0.2) is 69.8 Å². The lowest BCUT2D eigenvalue weighted by Gasteiger charge is -2.37. The molecule has 4 rings (SSSR count). The fourth-order valence-corrected chi connectivity index (χ4v) is 6.52. The van der Waals surface area contributed by atoms with Gasteiger partial charge in [-0.2, -0.15) is 0 Å². The average Bonchev–Trinajstić information content (AvgIpc) is 3.48. The van der Waals surface area contributed by atoms with Gasteiger partial charge in [-0.05, 0) is 70.4 Å². The van der Waals surface area contributed by atoms with Crippen LogP contribution in [0.3, 0.4) is 0 Å². The number of aromatic amines is 1. The predicted octanol–water partition coefficient (Wildman–Crippen LogP) is 5.65. The Balaban J connectivity index is 1.83. The third-order valence-electron chi connectivity index (χ3n) is 8.06. The molecular formula is C33H43N5O6. The van der Waals surface area contributed by atoms with Crippen molar-refractivity contribution in [1.29, 1.82) is 0 Å². The summed E-state index contributed by atoms with van der Waals surface area (Å²) in [4.78, 5) is 49.1. The summed E-state index contributed by atoms with van der Waals surface area (Å²) in [6.45, 7) is 21.8. The van der Waals surface area contributed by atoms with Crippen LogP contribution in [0.2, 0.25) is 0 Å². The number of nitrogens with one attached hydrogen (secondary N) is 1. The number of H-pyrrole nitrogens is 1. The number of carbonyl (C=O) groups excluding carboxylic acids is 3. The van der Waals surface area contributed by atoms with Crippen molar-refractivity contribution in [2.24, 2.45) is 17.8 Å². The van der Waals surface area contributed by atoms with Gasteiger partial charge in [0.15, 0.2) is 11.5 Å². The largest absolute Gasteiger partial charge is 0.465 e. The van der Waals surface area contributed by atoms with E-state index in [1.165, 1.54) is 4.90 Å². The van der Waals surface area contributed by atoms with Crippen molar-refractivity contribution in [2.75, 3.05) is 26.3 Å². The molecule has 2 heterocycles. The molecule has 0 bridgehead atoms. The van der Waals surface area contributed by atoms with E-state index in [-0.39, 0.29) is 67.7 Å². The first-order valence-electron chi connectivity index (χ1n) is 15.3. The van der Waals surface area contributed by atoms with Crippen LogP contribution in [0, 0.1) is 38.2 Å². The smallest absolute Gasteiger partial charge is 0.331 e. The highest BCUT2D eigenvalue weighted by Crippen LogP contribution is 2.38. The highest BCUT2D eigenvalue weighted by atomic mass is 16.5. The molecule has 0 amide bonds. The normalized spacial score (nSPS) is 20.0. The van der Waals surface area contributed by atoms with E-state index in [0.717, 1.165) is 29.5 Å². The van der Waals surface area contributed by atoms with Crippen LogP contribution >= 0.6 is 0 Å². The van der Waals surface area contributed by atoms with E-state index in [4.69, 9.17) is 25.8 Å². The van der Waals surface area contributed by atoms with Gasteiger partial charge in [0.1, 0.15) is 11.7 Å². The molecule has 1 aliphatic carbocycles. The second-order valence-electron chi connectivity index (χ2n) is 12.0. The van der Waals surface area contributed by atoms with E-state index in [0.29, 0.717) is 17.4 Å². The minimum Gasteiger partial charge on any atom is -0.465 e. The van der Waals surface area contributed by atoms with E-state index >= 15 is 0 Å². The highest BCUT2D eigenvalue weighted by Gasteiger charge is 2.37. The number of benzene rings is 1. The van der Waals surface area contributed by atoms with Crippen LogP contribution in [0.1, 0.15) is 74.6 Å². The lowest BCUT2D eigenvalue weighted by Crippen LogP contribution is -2.37. The van der Waals surface area contributed by atoms with E-state index in [9.17, 15) is 14.4 Å². The Morgan fingerprint density at radius 1 is 1.00 bits per heavy atom. The maximum Gasteiger partial charge on any atom is 0.331 e. The maximum atomic E-state index is 14.0. The molecule has 11 heteroatoms. The van der Waals surface area contributed by atoms with Crippen LogP contribution in [0.5, 0.6) is 0 Å². The summed E-state index contributed by atoms with van der Waals surface area (Å²) in [6.07, 6.45) is 1.60. The Hall–Kier alpha value is -4.17. The Kier molecular flexibility index (Phi) is 10.5. The zero-order chi connectivity index (χ0) is 32.1. The molecule has 0 spiro atoms. The molecule has 0 aliphatic heterocycles.